The highest BCUT2D eigenvalue weighted by Crippen LogP contribution is 2.36. The summed E-state index contributed by atoms with van der Waals surface area (Å²) in [5, 5.41) is -0.0747. The van der Waals surface area contributed by atoms with Crippen LogP contribution in [0.5, 0.6) is 0 Å². The van der Waals surface area contributed by atoms with Crippen LogP contribution in [0.4, 0.5) is 5.69 Å². The standard InChI is InChI=1S/C18H20ClN/c19-18(15-9-3-1-4-10-15)16-11-5-6-12-17(16)20-13-7-2-8-14-20/h1,3-6,9-12,18H,2,7-8,13-14H2. The first kappa shape index (κ1) is 13.5. The van der Waals surface area contributed by atoms with Crippen LogP contribution in [0.3, 0.4) is 0 Å². The summed E-state index contributed by atoms with van der Waals surface area (Å²) in [6.45, 7) is 2.30. The van der Waals surface area contributed by atoms with E-state index < -0.39 is 0 Å². The molecule has 1 fully saturated rings. The predicted octanol–water partition coefficient (Wildman–Crippen LogP) is 5.01. The molecule has 1 nitrogen and oxygen atoms in total. The van der Waals surface area contributed by atoms with Crippen molar-refractivity contribution in [3.05, 3.63) is 65.7 Å². The fourth-order valence-electron chi connectivity index (χ4n) is 2.93. The molecular weight excluding hydrogens is 266 g/mol. The molecule has 0 bridgehead atoms. The summed E-state index contributed by atoms with van der Waals surface area (Å²) >= 11 is 6.73. The van der Waals surface area contributed by atoms with E-state index in [-0.39, 0.29) is 5.38 Å². The fraction of sp³-hybridized carbons (Fsp3) is 0.333. The molecule has 0 spiro atoms. The van der Waals surface area contributed by atoms with Gasteiger partial charge in [-0.05, 0) is 36.5 Å². The van der Waals surface area contributed by atoms with Crippen LogP contribution >= 0.6 is 11.6 Å². The van der Waals surface area contributed by atoms with Crippen molar-refractivity contribution in [2.24, 2.45) is 0 Å². The summed E-state index contributed by atoms with van der Waals surface area (Å²) in [5.74, 6) is 0. The quantitative estimate of drug-likeness (QED) is 0.717. The van der Waals surface area contributed by atoms with Gasteiger partial charge >= 0.3 is 0 Å². The average molecular weight is 286 g/mol. The van der Waals surface area contributed by atoms with E-state index in [0.717, 1.165) is 13.1 Å². The molecule has 2 aromatic rings. The molecule has 0 N–H and O–H groups in total. The highest BCUT2D eigenvalue weighted by Gasteiger charge is 2.19. The predicted molar refractivity (Wildman–Crippen MR) is 86.6 cm³/mol. The Bertz CT molecular complexity index is 546. The lowest BCUT2D eigenvalue weighted by atomic mass is 10.0. The largest absolute Gasteiger partial charge is 0.371 e. The van der Waals surface area contributed by atoms with Crippen molar-refractivity contribution in [1.82, 2.24) is 0 Å². The number of hydrogen-bond donors (Lipinski definition) is 0. The Labute approximate surface area is 126 Å². The van der Waals surface area contributed by atoms with Crippen LogP contribution < -0.4 is 4.90 Å². The SMILES string of the molecule is ClC(c1ccccc1)c1ccccc1N1CCCCC1. The highest BCUT2D eigenvalue weighted by molar-refractivity contribution is 6.23. The maximum absolute atomic E-state index is 6.73. The minimum Gasteiger partial charge on any atom is -0.371 e. The third-order valence-electron chi connectivity index (χ3n) is 4.00. The number of benzene rings is 2. The first-order chi connectivity index (χ1) is 9.86. The van der Waals surface area contributed by atoms with E-state index >= 15 is 0 Å². The molecule has 2 heteroatoms. The molecule has 3 rings (SSSR count). The van der Waals surface area contributed by atoms with Crippen LogP contribution in [0.15, 0.2) is 54.6 Å². The van der Waals surface area contributed by atoms with Crippen molar-refractivity contribution in [2.45, 2.75) is 24.6 Å². The Morgan fingerprint density at radius 1 is 0.800 bits per heavy atom. The van der Waals surface area contributed by atoms with Gasteiger partial charge in [-0.3, -0.25) is 0 Å². The number of anilines is 1. The van der Waals surface area contributed by atoms with Gasteiger partial charge in [0.2, 0.25) is 0 Å². The second kappa shape index (κ2) is 6.32. The Balaban J connectivity index is 1.93. The van der Waals surface area contributed by atoms with Gasteiger partial charge in [-0.25, -0.2) is 0 Å². The van der Waals surface area contributed by atoms with Crippen LogP contribution in [0, 0.1) is 0 Å². The minimum atomic E-state index is -0.0747. The van der Waals surface area contributed by atoms with Crippen LogP contribution in [0.2, 0.25) is 0 Å². The lowest BCUT2D eigenvalue weighted by molar-refractivity contribution is 0.576. The van der Waals surface area contributed by atoms with E-state index in [1.165, 1.54) is 36.1 Å². The third-order valence-corrected chi connectivity index (χ3v) is 4.49. The topological polar surface area (TPSA) is 3.24 Å². The van der Waals surface area contributed by atoms with Gasteiger partial charge < -0.3 is 4.90 Å². The fourth-order valence-corrected chi connectivity index (χ4v) is 3.26. The molecule has 1 heterocycles. The molecule has 1 aliphatic heterocycles. The second-order valence-corrected chi connectivity index (χ2v) is 5.82. The number of para-hydroxylation sites is 1. The summed E-state index contributed by atoms with van der Waals surface area (Å²) in [4.78, 5) is 2.48. The Hall–Kier alpha value is -1.47. The Kier molecular flexibility index (Phi) is 4.27. The molecule has 20 heavy (non-hydrogen) atoms. The molecule has 0 aromatic heterocycles. The smallest absolute Gasteiger partial charge is 0.0855 e. The maximum Gasteiger partial charge on any atom is 0.0855 e. The summed E-state index contributed by atoms with van der Waals surface area (Å²) in [6.07, 6.45) is 3.92. The van der Waals surface area contributed by atoms with E-state index in [4.69, 9.17) is 11.6 Å². The second-order valence-electron chi connectivity index (χ2n) is 5.38. The van der Waals surface area contributed by atoms with Gasteiger partial charge in [-0.15, -0.1) is 11.6 Å². The maximum atomic E-state index is 6.73. The average Bonchev–Trinajstić information content (AvgIpc) is 2.56. The number of alkyl halides is 1. The Morgan fingerprint density at radius 3 is 2.20 bits per heavy atom. The summed E-state index contributed by atoms with van der Waals surface area (Å²) in [6, 6.07) is 18.9. The molecule has 104 valence electrons. The first-order valence-electron chi connectivity index (χ1n) is 7.39. The van der Waals surface area contributed by atoms with Crippen molar-refractivity contribution in [3.8, 4) is 0 Å². The van der Waals surface area contributed by atoms with Crippen molar-refractivity contribution in [2.75, 3.05) is 18.0 Å². The Morgan fingerprint density at radius 2 is 1.45 bits per heavy atom. The molecule has 1 aliphatic rings. The number of hydrogen-bond acceptors (Lipinski definition) is 1. The lowest BCUT2D eigenvalue weighted by Gasteiger charge is -2.31. The van der Waals surface area contributed by atoms with Gasteiger partial charge in [0.1, 0.15) is 0 Å². The number of nitrogens with zero attached hydrogens (tertiary/aromatic N) is 1. The van der Waals surface area contributed by atoms with E-state index in [1.807, 2.05) is 18.2 Å². The van der Waals surface area contributed by atoms with Crippen LogP contribution in [-0.2, 0) is 0 Å². The summed E-state index contributed by atoms with van der Waals surface area (Å²) < 4.78 is 0. The lowest BCUT2D eigenvalue weighted by Crippen LogP contribution is -2.30. The first-order valence-corrected chi connectivity index (χ1v) is 7.83. The van der Waals surface area contributed by atoms with Crippen LogP contribution in [0.1, 0.15) is 35.8 Å². The number of halogens is 1. The zero-order chi connectivity index (χ0) is 13.8. The molecule has 0 radical (unpaired) electrons. The van der Waals surface area contributed by atoms with Crippen LogP contribution in [0.25, 0.3) is 0 Å². The zero-order valence-electron chi connectivity index (χ0n) is 11.6. The van der Waals surface area contributed by atoms with E-state index in [0.29, 0.717) is 0 Å². The molecule has 1 saturated heterocycles. The molecular formula is C18H20ClN. The van der Waals surface area contributed by atoms with Crippen LogP contribution in [-0.4, -0.2) is 13.1 Å². The molecule has 2 aromatic carbocycles. The summed E-state index contributed by atoms with van der Waals surface area (Å²) in [5.41, 5.74) is 3.69. The zero-order valence-corrected chi connectivity index (χ0v) is 12.4. The minimum absolute atomic E-state index is 0.0747. The third kappa shape index (κ3) is 2.83. The van der Waals surface area contributed by atoms with Crippen molar-refractivity contribution < 1.29 is 0 Å². The van der Waals surface area contributed by atoms with Gasteiger partial charge in [-0.1, -0.05) is 48.5 Å². The summed E-state index contributed by atoms with van der Waals surface area (Å²) in [7, 11) is 0. The molecule has 0 amide bonds. The molecule has 1 atom stereocenters. The number of rotatable bonds is 3. The molecule has 1 unspecified atom stereocenters. The van der Waals surface area contributed by atoms with Crippen molar-refractivity contribution in [1.29, 1.82) is 0 Å². The van der Waals surface area contributed by atoms with E-state index in [2.05, 4.69) is 41.3 Å². The molecule has 0 saturated carbocycles. The highest BCUT2D eigenvalue weighted by atomic mass is 35.5. The van der Waals surface area contributed by atoms with E-state index in [9.17, 15) is 0 Å². The van der Waals surface area contributed by atoms with Gasteiger partial charge in [0, 0.05) is 18.8 Å². The monoisotopic (exact) mass is 285 g/mol. The van der Waals surface area contributed by atoms with Crippen molar-refractivity contribution >= 4 is 17.3 Å². The normalized spacial score (nSPS) is 16.9. The molecule has 0 aliphatic carbocycles. The van der Waals surface area contributed by atoms with Gasteiger partial charge in [0.05, 0.1) is 5.38 Å². The van der Waals surface area contributed by atoms with Gasteiger partial charge in [0.25, 0.3) is 0 Å². The van der Waals surface area contributed by atoms with E-state index in [1.54, 1.807) is 0 Å². The van der Waals surface area contributed by atoms with Crippen molar-refractivity contribution in [3.63, 3.8) is 0 Å². The number of piperidine rings is 1. The van der Waals surface area contributed by atoms with Gasteiger partial charge in [0.15, 0.2) is 0 Å². The van der Waals surface area contributed by atoms with Gasteiger partial charge in [-0.2, -0.15) is 0 Å².